The largest absolute Gasteiger partial charge is 0.503 e. The maximum absolute atomic E-state index is 13.8. The Labute approximate surface area is 218 Å². The highest BCUT2D eigenvalue weighted by Gasteiger charge is 2.46. The molecule has 7 nitrogen and oxygen atoms in total. The summed E-state index contributed by atoms with van der Waals surface area (Å²) in [4.78, 5) is 33.0. The smallest absolute Gasteiger partial charge is 0.296 e. The van der Waals surface area contributed by atoms with Crippen molar-refractivity contribution in [1.29, 1.82) is 0 Å². The summed E-state index contributed by atoms with van der Waals surface area (Å²) in [6.45, 7) is 0. The number of thiazole rings is 1. The molecule has 0 aliphatic carbocycles. The first-order valence-corrected chi connectivity index (χ1v) is 12.2. The molecule has 184 valence electrons. The van der Waals surface area contributed by atoms with Gasteiger partial charge >= 0.3 is 0 Å². The maximum Gasteiger partial charge on any atom is 0.296 e. The zero-order valence-corrected chi connectivity index (χ0v) is 20.6. The van der Waals surface area contributed by atoms with Gasteiger partial charge in [-0.15, -0.1) is 0 Å². The number of para-hydroxylation sites is 1. The highest BCUT2D eigenvalue weighted by molar-refractivity contribution is 7.22. The molecule has 1 amide bonds. The zero-order chi connectivity index (χ0) is 25.8. The van der Waals surface area contributed by atoms with Gasteiger partial charge in [-0.1, -0.05) is 47.2 Å². The van der Waals surface area contributed by atoms with E-state index in [0.717, 1.165) is 4.70 Å². The number of furan rings is 1. The van der Waals surface area contributed by atoms with Crippen LogP contribution < -0.4 is 9.64 Å². The van der Waals surface area contributed by atoms with Crippen molar-refractivity contribution in [1.82, 2.24) is 4.98 Å². The van der Waals surface area contributed by atoms with Gasteiger partial charge in [0.2, 0.25) is 5.78 Å². The standard InChI is InChI=1S/C27H16ClFN2O5S/c1-35-18-4-2-3-14-11-19(36-25(14)18)23(32)21-22(13-5-8-16(29)9-6-13)31(26(34)24(21)33)27-30-17-10-7-15(28)12-20(17)37-27/h2-12,22,33H,1H3. The number of benzene rings is 3. The van der Waals surface area contributed by atoms with Gasteiger partial charge in [-0.2, -0.15) is 0 Å². The van der Waals surface area contributed by atoms with E-state index < -0.39 is 29.3 Å². The summed E-state index contributed by atoms with van der Waals surface area (Å²) in [5, 5.41) is 12.4. The summed E-state index contributed by atoms with van der Waals surface area (Å²) in [5.74, 6) is -2.37. The summed E-state index contributed by atoms with van der Waals surface area (Å²) < 4.78 is 25.6. The van der Waals surface area contributed by atoms with Crippen molar-refractivity contribution in [3.8, 4) is 5.75 Å². The van der Waals surface area contributed by atoms with Crippen LogP contribution in [0.4, 0.5) is 9.52 Å². The predicted molar refractivity (Wildman–Crippen MR) is 138 cm³/mol. The van der Waals surface area contributed by atoms with E-state index >= 15 is 0 Å². The quantitative estimate of drug-likeness (QED) is 0.254. The minimum absolute atomic E-state index is 0.0844. The molecule has 1 unspecified atom stereocenters. The number of ketones is 1. The average Bonchev–Trinajstić information content (AvgIpc) is 3.58. The SMILES string of the molecule is COc1cccc2cc(C(=O)C3=C(O)C(=O)N(c4nc5ccc(Cl)cc5s4)C3c3ccc(F)cc3)oc12. The van der Waals surface area contributed by atoms with Crippen LogP contribution in [0.15, 0.2) is 82.5 Å². The maximum atomic E-state index is 13.8. The summed E-state index contributed by atoms with van der Waals surface area (Å²) >= 11 is 7.30. The Hall–Kier alpha value is -4.21. The number of aliphatic hydroxyl groups is 1. The topological polar surface area (TPSA) is 92.9 Å². The highest BCUT2D eigenvalue weighted by Crippen LogP contribution is 2.45. The fourth-order valence-electron chi connectivity index (χ4n) is 4.43. The molecule has 0 fully saturated rings. The number of nitrogens with zero attached hydrogens (tertiary/aromatic N) is 2. The van der Waals surface area contributed by atoms with Crippen molar-refractivity contribution in [3.05, 3.63) is 100 Å². The normalized spacial score (nSPS) is 15.8. The van der Waals surface area contributed by atoms with Crippen molar-refractivity contribution in [2.75, 3.05) is 12.0 Å². The molecule has 1 N–H and O–H groups in total. The van der Waals surface area contributed by atoms with E-state index in [4.69, 9.17) is 20.8 Å². The van der Waals surface area contributed by atoms with E-state index in [1.165, 1.54) is 53.7 Å². The second kappa shape index (κ2) is 8.72. The molecule has 0 saturated carbocycles. The van der Waals surface area contributed by atoms with Gasteiger partial charge in [0.1, 0.15) is 5.82 Å². The molecule has 10 heteroatoms. The number of ether oxygens (including phenoxy) is 1. The molecule has 3 aromatic carbocycles. The Morgan fingerprint density at radius 2 is 1.95 bits per heavy atom. The van der Waals surface area contributed by atoms with Crippen molar-refractivity contribution >= 4 is 60.9 Å². The van der Waals surface area contributed by atoms with E-state index in [0.29, 0.717) is 32.8 Å². The average molecular weight is 535 g/mol. The number of aromatic nitrogens is 1. The molecule has 2 aromatic heterocycles. The van der Waals surface area contributed by atoms with Gasteiger partial charge in [-0.05, 0) is 48.0 Å². The highest BCUT2D eigenvalue weighted by atomic mass is 35.5. The second-order valence-corrected chi connectivity index (χ2v) is 9.76. The molecule has 1 atom stereocenters. The van der Waals surface area contributed by atoms with E-state index in [-0.39, 0.29) is 16.5 Å². The lowest BCUT2D eigenvalue weighted by atomic mass is 9.95. The van der Waals surface area contributed by atoms with Crippen LogP contribution in [0.3, 0.4) is 0 Å². The van der Waals surface area contributed by atoms with Gasteiger partial charge in [0.05, 0.1) is 28.9 Å². The van der Waals surface area contributed by atoms with Crippen molar-refractivity contribution in [2.24, 2.45) is 0 Å². The van der Waals surface area contributed by atoms with Gasteiger partial charge in [0.25, 0.3) is 5.91 Å². The molecule has 6 rings (SSSR count). The third-order valence-corrected chi connectivity index (χ3v) is 7.39. The summed E-state index contributed by atoms with van der Waals surface area (Å²) in [5.41, 5.74) is 1.16. The molecule has 0 radical (unpaired) electrons. The Balaban J connectivity index is 1.51. The molecule has 3 heterocycles. The molecule has 1 aliphatic rings. The number of rotatable bonds is 5. The van der Waals surface area contributed by atoms with Gasteiger partial charge in [0.15, 0.2) is 28.0 Å². The van der Waals surface area contributed by atoms with Crippen LogP contribution in [0.5, 0.6) is 5.75 Å². The first-order valence-electron chi connectivity index (χ1n) is 11.0. The van der Waals surface area contributed by atoms with E-state index in [9.17, 15) is 19.1 Å². The number of hydrogen-bond acceptors (Lipinski definition) is 7. The predicted octanol–water partition coefficient (Wildman–Crippen LogP) is 6.63. The number of fused-ring (bicyclic) bond motifs is 2. The summed E-state index contributed by atoms with van der Waals surface area (Å²) in [6.07, 6.45) is 0. The number of carbonyl (C=O) groups excluding carboxylic acids is 2. The molecule has 0 bridgehead atoms. The van der Waals surface area contributed by atoms with Crippen LogP contribution in [-0.4, -0.2) is 28.9 Å². The number of methoxy groups -OCH3 is 1. The fraction of sp³-hybridized carbons (Fsp3) is 0.0741. The Kier molecular flexibility index (Phi) is 5.47. The molecular formula is C27H16ClFN2O5S. The first kappa shape index (κ1) is 23.2. The second-order valence-electron chi connectivity index (χ2n) is 8.32. The number of Topliss-reactive ketones (excluding diaryl/α,β-unsaturated/α-hetero) is 1. The minimum Gasteiger partial charge on any atom is -0.503 e. The Morgan fingerprint density at radius 1 is 1.16 bits per heavy atom. The first-order chi connectivity index (χ1) is 17.9. The Morgan fingerprint density at radius 3 is 2.70 bits per heavy atom. The third-order valence-electron chi connectivity index (χ3n) is 6.14. The van der Waals surface area contributed by atoms with Crippen LogP contribution in [0.1, 0.15) is 22.2 Å². The lowest BCUT2D eigenvalue weighted by Crippen LogP contribution is -2.30. The van der Waals surface area contributed by atoms with E-state index in [2.05, 4.69) is 4.98 Å². The van der Waals surface area contributed by atoms with Crippen molar-refractivity contribution in [2.45, 2.75) is 6.04 Å². The van der Waals surface area contributed by atoms with Gasteiger partial charge < -0.3 is 14.3 Å². The van der Waals surface area contributed by atoms with Gasteiger partial charge in [-0.3, -0.25) is 14.5 Å². The number of anilines is 1. The summed E-state index contributed by atoms with van der Waals surface area (Å²) in [6, 6.07) is 16.1. The van der Waals surface area contributed by atoms with Crippen LogP contribution >= 0.6 is 22.9 Å². The fourth-order valence-corrected chi connectivity index (χ4v) is 5.69. The molecule has 0 saturated heterocycles. The van der Waals surface area contributed by atoms with Crippen molar-refractivity contribution in [3.63, 3.8) is 0 Å². The van der Waals surface area contributed by atoms with Crippen molar-refractivity contribution < 1.29 is 28.2 Å². The van der Waals surface area contributed by atoms with Gasteiger partial charge in [-0.25, -0.2) is 9.37 Å². The summed E-state index contributed by atoms with van der Waals surface area (Å²) in [7, 11) is 1.48. The van der Waals surface area contributed by atoms with Crippen LogP contribution in [0.25, 0.3) is 21.2 Å². The van der Waals surface area contributed by atoms with Crippen LogP contribution in [-0.2, 0) is 4.79 Å². The lowest BCUT2D eigenvalue weighted by Gasteiger charge is -2.24. The molecular weight excluding hydrogens is 519 g/mol. The minimum atomic E-state index is -1.08. The zero-order valence-electron chi connectivity index (χ0n) is 19.1. The van der Waals surface area contributed by atoms with Crippen LogP contribution in [0.2, 0.25) is 5.02 Å². The molecule has 37 heavy (non-hydrogen) atoms. The van der Waals surface area contributed by atoms with Crippen LogP contribution in [0, 0.1) is 5.82 Å². The van der Waals surface area contributed by atoms with E-state index in [1.807, 2.05) is 0 Å². The van der Waals surface area contributed by atoms with Gasteiger partial charge in [0, 0.05) is 10.4 Å². The Bertz CT molecular complexity index is 1760. The molecule has 0 spiro atoms. The van der Waals surface area contributed by atoms with E-state index in [1.54, 1.807) is 36.4 Å². The number of carbonyl (C=O) groups is 2. The number of halogens is 2. The number of aliphatic hydroxyl groups excluding tert-OH is 1. The number of amides is 1. The molecule has 1 aliphatic heterocycles. The number of hydrogen-bond donors (Lipinski definition) is 1. The monoisotopic (exact) mass is 534 g/mol. The third kappa shape index (κ3) is 3.75. The lowest BCUT2D eigenvalue weighted by molar-refractivity contribution is -0.117. The molecule has 5 aromatic rings.